The minimum Gasteiger partial charge on any atom is -0.463 e. The molecule has 0 saturated carbocycles. The van der Waals surface area contributed by atoms with E-state index in [0.29, 0.717) is 16.8 Å². The highest BCUT2D eigenvalue weighted by Crippen LogP contribution is 2.26. The Morgan fingerprint density at radius 1 is 1.04 bits per heavy atom. The molecule has 2 aromatic carbocycles. The second-order valence-electron chi connectivity index (χ2n) is 5.64. The van der Waals surface area contributed by atoms with Crippen molar-refractivity contribution in [1.82, 2.24) is 9.72 Å². The quantitative estimate of drug-likeness (QED) is 0.531. The second kappa shape index (κ2) is 6.33. The number of carbonyl (C=O) groups is 1. The van der Waals surface area contributed by atoms with Crippen LogP contribution in [0, 0.1) is 0 Å². The summed E-state index contributed by atoms with van der Waals surface area (Å²) >= 11 is 0. The zero-order chi connectivity index (χ0) is 18.1. The highest BCUT2D eigenvalue weighted by molar-refractivity contribution is 6.01. The number of carbonyl (C=O) groups excluding carboxylic acids is 1. The van der Waals surface area contributed by atoms with Gasteiger partial charge in [0.05, 0.1) is 18.2 Å². The lowest BCUT2D eigenvalue weighted by atomic mass is 10.1. The molecule has 0 fully saturated rings. The van der Waals surface area contributed by atoms with Crippen molar-refractivity contribution in [3.63, 3.8) is 0 Å². The van der Waals surface area contributed by atoms with Crippen LogP contribution in [0.5, 0.6) is 0 Å². The van der Waals surface area contributed by atoms with Crippen LogP contribution in [0.1, 0.15) is 10.6 Å². The lowest BCUT2D eigenvalue weighted by Crippen LogP contribution is -2.20. The Hall–Kier alpha value is -3.67. The van der Waals surface area contributed by atoms with Crippen molar-refractivity contribution in [2.45, 2.75) is 0 Å². The van der Waals surface area contributed by atoms with Gasteiger partial charge in [-0.05, 0) is 23.8 Å². The number of nitrogens with zero attached hydrogens (tertiary/aromatic N) is 2. The predicted molar refractivity (Wildman–Crippen MR) is 96.4 cm³/mol. The highest BCUT2D eigenvalue weighted by Gasteiger charge is 2.23. The van der Waals surface area contributed by atoms with E-state index in [4.69, 9.17) is 9.26 Å². The molecule has 2 heterocycles. The zero-order valence-electron chi connectivity index (χ0n) is 13.9. The largest absolute Gasteiger partial charge is 0.463 e. The summed E-state index contributed by atoms with van der Waals surface area (Å²) in [6, 6.07) is 20.4. The fourth-order valence-corrected chi connectivity index (χ4v) is 2.90. The van der Waals surface area contributed by atoms with Crippen LogP contribution in [0.25, 0.3) is 27.8 Å². The number of para-hydroxylation sites is 1. The first-order valence-electron chi connectivity index (χ1n) is 7.95. The third kappa shape index (κ3) is 2.48. The number of benzene rings is 2. The van der Waals surface area contributed by atoms with E-state index in [1.54, 1.807) is 10.6 Å². The molecule has 0 saturated heterocycles. The molecular weight excluding hydrogens is 332 g/mol. The molecule has 0 unspecified atom stereocenters. The number of aromatic nitrogens is 2. The summed E-state index contributed by atoms with van der Waals surface area (Å²) in [6.45, 7) is 0. The average Bonchev–Trinajstić information content (AvgIpc) is 3.13. The predicted octanol–water partition coefficient (Wildman–Crippen LogP) is 3.43. The summed E-state index contributed by atoms with van der Waals surface area (Å²) in [5, 5.41) is 4.13. The molecule has 6 nitrogen and oxygen atoms in total. The molecule has 128 valence electrons. The monoisotopic (exact) mass is 346 g/mol. The summed E-state index contributed by atoms with van der Waals surface area (Å²) in [5.74, 6) is -0.764. The smallest absolute Gasteiger partial charge is 0.377 e. The Morgan fingerprint density at radius 2 is 1.69 bits per heavy atom. The van der Waals surface area contributed by atoms with E-state index >= 15 is 0 Å². The normalized spacial score (nSPS) is 10.8. The van der Waals surface area contributed by atoms with Crippen LogP contribution < -0.4 is 5.56 Å². The van der Waals surface area contributed by atoms with Gasteiger partial charge in [-0.1, -0.05) is 53.7 Å². The van der Waals surface area contributed by atoms with Gasteiger partial charge in [0.25, 0.3) is 11.3 Å². The van der Waals surface area contributed by atoms with Crippen LogP contribution in [0.3, 0.4) is 0 Å². The van der Waals surface area contributed by atoms with Crippen LogP contribution in [-0.2, 0) is 4.74 Å². The maximum atomic E-state index is 13.1. The topological polar surface area (TPSA) is 74.3 Å². The van der Waals surface area contributed by atoms with Gasteiger partial charge in [0, 0.05) is 5.69 Å². The fraction of sp³-hybridized carbons (Fsp3) is 0.0500. The van der Waals surface area contributed by atoms with E-state index in [1.165, 1.54) is 7.11 Å². The van der Waals surface area contributed by atoms with E-state index in [-0.39, 0.29) is 16.8 Å². The number of rotatable bonds is 3. The van der Waals surface area contributed by atoms with E-state index in [9.17, 15) is 9.59 Å². The molecule has 0 radical (unpaired) electrons. The number of methoxy groups -OCH3 is 1. The van der Waals surface area contributed by atoms with Crippen molar-refractivity contribution in [1.29, 1.82) is 0 Å². The first-order valence-corrected chi connectivity index (χ1v) is 7.95. The van der Waals surface area contributed by atoms with Gasteiger partial charge in [-0.25, -0.2) is 4.79 Å². The van der Waals surface area contributed by atoms with Gasteiger partial charge in [-0.15, -0.1) is 0 Å². The van der Waals surface area contributed by atoms with Gasteiger partial charge in [0.15, 0.2) is 5.52 Å². The molecule has 0 aliphatic carbocycles. The molecule has 0 atom stereocenters. The molecule has 0 aliphatic heterocycles. The van der Waals surface area contributed by atoms with Crippen LogP contribution >= 0.6 is 0 Å². The number of fused-ring (bicyclic) bond motifs is 1. The number of ether oxygens (including phenoxy) is 1. The molecule has 0 spiro atoms. The van der Waals surface area contributed by atoms with E-state index in [2.05, 4.69) is 5.16 Å². The first-order chi connectivity index (χ1) is 12.7. The summed E-state index contributed by atoms with van der Waals surface area (Å²) in [6.07, 6.45) is 0. The van der Waals surface area contributed by atoms with Crippen LogP contribution in [0.4, 0.5) is 0 Å². The van der Waals surface area contributed by atoms with Gasteiger partial charge in [0.1, 0.15) is 0 Å². The SMILES string of the molecule is COC(=O)c1onc2c(=O)n(-c3ccccc3)c(-c3ccccc3)cc12. The van der Waals surface area contributed by atoms with Gasteiger partial charge < -0.3 is 9.26 Å². The Labute approximate surface area is 148 Å². The average molecular weight is 346 g/mol. The third-order valence-electron chi connectivity index (χ3n) is 4.11. The van der Waals surface area contributed by atoms with Crippen molar-refractivity contribution in [3.8, 4) is 16.9 Å². The van der Waals surface area contributed by atoms with Crippen molar-refractivity contribution >= 4 is 16.9 Å². The van der Waals surface area contributed by atoms with E-state index in [1.807, 2.05) is 60.7 Å². The zero-order valence-corrected chi connectivity index (χ0v) is 13.9. The van der Waals surface area contributed by atoms with Gasteiger partial charge >= 0.3 is 5.97 Å². The first kappa shape index (κ1) is 15.8. The van der Waals surface area contributed by atoms with Crippen LogP contribution in [0.2, 0.25) is 0 Å². The number of esters is 1. The van der Waals surface area contributed by atoms with E-state index < -0.39 is 5.97 Å². The Bertz CT molecular complexity index is 1150. The molecule has 0 amide bonds. The molecule has 2 aromatic heterocycles. The molecule has 26 heavy (non-hydrogen) atoms. The van der Waals surface area contributed by atoms with Crippen LogP contribution in [0.15, 0.2) is 76.0 Å². The van der Waals surface area contributed by atoms with Crippen molar-refractivity contribution < 1.29 is 14.1 Å². The summed E-state index contributed by atoms with van der Waals surface area (Å²) < 4.78 is 11.4. The van der Waals surface area contributed by atoms with Crippen LogP contribution in [-0.4, -0.2) is 22.8 Å². The van der Waals surface area contributed by atoms with Crippen molar-refractivity contribution in [2.75, 3.05) is 7.11 Å². The molecule has 0 bridgehead atoms. The minimum atomic E-state index is -0.677. The second-order valence-corrected chi connectivity index (χ2v) is 5.64. The van der Waals surface area contributed by atoms with Crippen molar-refractivity contribution in [2.24, 2.45) is 0 Å². The van der Waals surface area contributed by atoms with Gasteiger partial charge in [0.2, 0.25) is 0 Å². The molecule has 6 heteroatoms. The Morgan fingerprint density at radius 3 is 2.35 bits per heavy atom. The van der Waals surface area contributed by atoms with E-state index in [0.717, 1.165) is 5.56 Å². The molecular formula is C20H14N2O4. The fourth-order valence-electron chi connectivity index (χ4n) is 2.90. The Balaban J connectivity index is 2.11. The highest BCUT2D eigenvalue weighted by atomic mass is 16.5. The lowest BCUT2D eigenvalue weighted by Gasteiger charge is -2.13. The molecule has 0 aliphatic rings. The van der Waals surface area contributed by atoms with Gasteiger partial charge in [-0.2, -0.15) is 0 Å². The minimum absolute atomic E-state index is 0.0777. The third-order valence-corrected chi connectivity index (χ3v) is 4.11. The maximum Gasteiger partial charge on any atom is 0.377 e. The molecule has 4 rings (SSSR count). The van der Waals surface area contributed by atoms with Crippen molar-refractivity contribution in [3.05, 3.63) is 82.8 Å². The Kier molecular flexibility index (Phi) is 3.85. The number of hydrogen-bond acceptors (Lipinski definition) is 5. The summed E-state index contributed by atoms with van der Waals surface area (Å²) in [4.78, 5) is 25.1. The number of pyridine rings is 1. The number of hydrogen-bond donors (Lipinski definition) is 0. The summed E-state index contributed by atoms with van der Waals surface area (Å²) in [5.41, 5.74) is 1.86. The molecule has 0 N–H and O–H groups in total. The molecule has 4 aromatic rings. The summed E-state index contributed by atoms with van der Waals surface area (Å²) in [7, 11) is 1.25. The standard InChI is InChI=1S/C20H14N2O4/c1-25-20(24)18-15-12-16(13-8-4-2-5-9-13)22(14-10-6-3-7-11-14)19(23)17(15)21-26-18/h2-12H,1H3. The maximum absolute atomic E-state index is 13.1. The lowest BCUT2D eigenvalue weighted by molar-refractivity contribution is 0.0558. The van der Waals surface area contributed by atoms with Gasteiger partial charge in [-0.3, -0.25) is 9.36 Å².